The molecule has 1 aliphatic rings. The van der Waals surface area contributed by atoms with Gasteiger partial charge >= 0.3 is 0 Å². The summed E-state index contributed by atoms with van der Waals surface area (Å²) >= 11 is 5.95. The third-order valence-electron chi connectivity index (χ3n) is 2.82. The largest absolute Gasteiger partial charge is 0.371 e. The molecule has 0 saturated heterocycles. The summed E-state index contributed by atoms with van der Waals surface area (Å²) in [6.07, 6.45) is 6.38. The maximum absolute atomic E-state index is 6.42. The van der Waals surface area contributed by atoms with Crippen molar-refractivity contribution < 1.29 is 8.43 Å². The minimum absolute atomic E-state index is 0.514. The van der Waals surface area contributed by atoms with Crippen molar-refractivity contribution in [3.63, 3.8) is 0 Å². The van der Waals surface area contributed by atoms with Crippen LogP contribution in [0.15, 0.2) is 0 Å². The van der Waals surface area contributed by atoms with Crippen LogP contribution in [0, 0.1) is 0 Å². The van der Waals surface area contributed by atoms with E-state index in [0.717, 1.165) is 0 Å². The van der Waals surface area contributed by atoms with Crippen molar-refractivity contribution in [2.45, 2.75) is 77.0 Å². The molecule has 0 aromatic heterocycles. The fourth-order valence-electron chi connectivity index (χ4n) is 2.33. The van der Waals surface area contributed by atoms with E-state index in [4.69, 9.17) is 20.2 Å². The van der Waals surface area contributed by atoms with Crippen LogP contribution in [0.5, 0.6) is 0 Å². The van der Waals surface area contributed by atoms with Crippen molar-refractivity contribution in [2.75, 3.05) is 0 Å². The normalized spacial score (nSPS) is 20.1. The maximum atomic E-state index is 6.42. The first-order valence-electron chi connectivity index (χ1n) is 7.03. The van der Waals surface area contributed by atoms with E-state index >= 15 is 0 Å². The molecule has 0 aromatic carbocycles. The average Bonchev–Trinajstić information content (AvgIpc) is 2.13. The van der Waals surface area contributed by atoms with Crippen LogP contribution in [-0.4, -0.2) is 22.3 Å². The fraction of sp³-hybridized carbons (Fsp3) is 1.00. The van der Waals surface area contributed by atoms with Gasteiger partial charge in [0.1, 0.15) is 0 Å². The van der Waals surface area contributed by atoms with Crippen molar-refractivity contribution in [1.82, 2.24) is 0 Å². The van der Waals surface area contributed by atoms with Crippen molar-refractivity contribution in [1.29, 1.82) is 0 Å². The van der Waals surface area contributed by atoms with Gasteiger partial charge in [-0.25, -0.2) is 0 Å². The summed E-state index contributed by atoms with van der Waals surface area (Å²) in [7, 11) is -3.27. The predicted octanol–water partition coefficient (Wildman–Crippen LogP) is 5.33. The molecule has 18 heavy (non-hydrogen) atoms. The Balaban J connectivity index is 2.89. The Bertz CT molecular complexity index is 297. The smallest absolute Gasteiger partial charge is 0.192 e. The van der Waals surface area contributed by atoms with Gasteiger partial charge in [-0.2, -0.15) is 0 Å². The third kappa shape index (κ3) is 5.97. The Labute approximate surface area is 120 Å². The standard InChI is InChI=1S/C12H29O2PSSi2/c1-17(2,3)13-15(16,14-18(4,5)6)12-10-8-7-9-11-12/h12H,7-11H2,1-6H3. The summed E-state index contributed by atoms with van der Waals surface area (Å²) in [5, 5.41) is 0. The molecule has 0 unspecified atom stereocenters. The molecular weight excluding hydrogens is 295 g/mol. The zero-order valence-corrected chi connectivity index (χ0v) is 16.5. The Morgan fingerprint density at radius 2 is 1.22 bits per heavy atom. The molecule has 0 aromatic rings. The molecule has 0 N–H and O–H groups in total. The predicted molar refractivity (Wildman–Crippen MR) is 90.0 cm³/mol. The van der Waals surface area contributed by atoms with Gasteiger partial charge in [0.25, 0.3) is 0 Å². The molecule has 6 heteroatoms. The van der Waals surface area contributed by atoms with Crippen LogP contribution in [0.1, 0.15) is 32.1 Å². The van der Waals surface area contributed by atoms with Gasteiger partial charge in [0.15, 0.2) is 23.1 Å². The van der Waals surface area contributed by atoms with Crippen LogP contribution in [0.4, 0.5) is 0 Å². The SMILES string of the molecule is C[Si](C)(C)OP(=S)(O[Si](C)(C)C)C1CCCCC1. The van der Waals surface area contributed by atoms with Gasteiger partial charge in [-0.15, -0.1) is 0 Å². The molecule has 1 aliphatic carbocycles. The van der Waals surface area contributed by atoms with E-state index in [1.165, 1.54) is 32.1 Å². The minimum Gasteiger partial charge on any atom is -0.371 e. The van der Waals surface area contributed by atoms with E-state index in [-0.39, 0.29) is 0 Å². The monoisotopic (exact) mass is 324 g/mol. The molecule has 1 saturated carbocycles. The summed E-state index contributed by atoms with van der Waals surface area (Å²) < 4.78 is 12.8. The Kier molecular flexibility index (Phi) is 5.86. The van der Waals surface area contributed by atoms with Crippen molar-refractivity contribution in [3.05, 3.63) is 0 Å². The number of hydrogen-bond donors (Lipinski definition) is 0. The zero-order chi connectivity index (χ0) is 14.0. The quantitative estimate of drug-likeness (QED) is 0.503. The highest BCUT2D eigenvalue weighted by Gasteiger charge is 2.39. The molecular formula is C12H29O2PSSi2. The van der Waals surface area contributed by atoms with Crippen LogP contribution >= 0.6 is 6.49 Å². The van der Waals surface area contributed by atoms with E-state index < -0.39 is 23.1 Å². The van der Waals surface area contributed by atoms with E-state index in [2.05, 4.69) is 39.3 Å². The number of hydrogen-bond acceptors (Lipinski definition) is 3. The van der Waals surface area contributed by atoms with Gasteiger partial charge in [-0.1, -0.05) is 19.3 Å². The Hall–Kier alpha value is 1.00. The molecule has 0 atom stereocenters. The van der Waals surface area contributed by atoms with E-state index in [9.17, 15) is 0 Å². The van der Waals surface area contributed by atoms with Gasteiger partial charge in [0.05, 0.1) is 0 Å². The van der Waals surface area contributed by atoms with Crippen LogP contribution in [-0.2, 0) is 20.2 Å². The second-order valence-electron chi connectivity index (χ2n) is 7.24. The van der Waals surface area contributed by atoms with Crippen LogP contribution in [0.3, 0.4) is 0 Å². The second kappa shape index (κ2) is 6.19. The molecule has 108 valence electrons. The van der Waals surface area contributed by atoms with E-state index in [0.29, 0.717) is 5.66 Å². The summed E-state index contributed by atoms with van der Waals surface area (Å²) in [5.74, 6) is 0. The lowest BCUT2D eigenvalue weighted by atomic mass is 10.0. The molecule has 0 heterocycles. The third-order valence-corrected chi connectivity index (χ3v) is 12.9. The first kappa shape index (κ1) is 17.1. The topological polar surface area (TPSA) is 18.5 Å². The molecule has 0 spiro atoms. The van der Waals surface area contributed by atoms with Gasteiger partial charge < -0.3 is 8.43 Å². The lowest BCUT2D eigenvalue weighted by Gasteiger charge is -2.40. The first-order chi connectivity index (χ1) is 8.02. The van der Waals surface area contributed by atoms with Gasteiger partial charge in [-0.05, 0) is 63.9 Å². The summed E-state index contributed by atoms with van der Waals surface area (Å²) in [6.45, 7) is 11.3. The summed E-state index contributed by atoms with van der Waals surface area (Å²) in [6, 6.07) is 0. The highest BCUT2D eigenvalue weighted by atomic mass is 32.5. The molecule has 0 radical (unpaired) electrons. The molecule has 1 fully saturated rings. The average molecular weight is 325 g/mol. The Morgan fingerprint density at radius 3 is 1.56 bits per heavy atom. The van der Waals surface area contributed by atoms with Crippen molar-refractivity contribution >= 4 is 34.9 Å². The fourth-order valence-corrected chi connectivity index (χ4v) is 15.8. The molecule has 0 amide bonds. The summed E-state index contributed by atoms with van der Waals surface area (Å²) in [5.41, 5.74) is 0.514. The zero-order valence-electron chi connectivity index (χ0n) is 12.8. The lowest BCUT2D eigenvalue weighted by molar-refractivity contribution is 0.423. The van der Waals surface area contributed by atoms with Gasteiger partial charge in [-0.3, -0.25) is 0 Å². The minimum atomic E-state index is -2.08. The van der Waals surface area contributed by atoms with Gasteiger partial charge in [0, 0.05) is 5.66 Å². The lowest BCUT2D eigenvalue weighted by Crippen LogP contribution is -2.33. The van der Waals surface area contributed by atoms with Crippen LogP contribution in [0.25, 0.3) is 0 Å². The highest BCUT2D eigenvalue weighted by Crippen LogP contribution is 2.60. The van der Waals surface area contributed by atoms with E-state index in [1.807, 2.05) is 0 Å². The highest BCUT2D eigenvalue weighted by molar-refractivity contribution is 8.11. The van der Waals surface area contributed by atoms with Crippen molar-refractivity contribution in [3.8, 4) is 0 Å². The second-order valence-corrected chi connectivity index (χ2v) is 20.5. The maximum Gasteiger partial charge on any atom is 0.192 e. The van der Waals surface area contributed by atoms with Crippen molar-refractivity contribution in [2.24, 2.45) is 0 Å². The molecule has 1 rings (SSSR count). The Morgan fingerprint density at radius 1 is 0.833 bits per heavy atom. The van der Waals surface area contributed by atoms with Crippen LogP contribution in [0.2, 0.25) is 39.3 Å². The van der Waals surface area contributed by atoms with Crippen LogP contribution < -0.4 is 0 Å². The van der Waals surface area contributed by atoms with Gasteiger partial charge in [0.2, 0.25) is 0 Å². The van der Waals surface area contributed by atoms with E-state index in [1.54, 1.807) is 0 Å². The summed E-state index contributed by atoms with van der Waals surface area (Å²) in [4.78, 5) is 0. The number of rotatable bonds is 5. The molecule has 2 nitrogen and oxygen atoms in total. The molecule has 0 aliphatic heterocycles. The first-order valence-corrected chi connectivity index (χ1v) is 16.6. The molecule has 0 bridgehead atoms.